The number of benzene rings is 2. The highest BCUT2D eigenvalue weighted by Gasteiger charge is 2.07. The lowest BCUT2D eigenvalue weighted by molar-refractivity contribution is -0.124. The Morgan fingerprint density at radius 2 is 1.84 bits per heavy atom. The predicted octanol–water partition coefficient (Wildman–Crippen LogP) is 3.39. The zero-order valence-electron chi connectivity index (χ0n) is 13.4. The van der Waals surface area contributed by atoms with Crippen LogP contribution in [0.3, 0.4) is 0 Å². The first-order chi connectivity index (χ1) is 12.0. The van der Waals surface area contributed by atoms with E-state index in [-0.39, 0.29) is 23.9 Å². The van der Waals surface area contributed by atoms with E-state index in [0.29, 0.717) is 18.7 Å². The van der Waals surface area contributed by atoms with Gasteiger partial charge in [0, 0.05) is 12.1 Å². The number of amides is 2. The summed E-state index contributed by atoms with van der Waals surface area (Å²) in [7, 11) is 0. The molecule has 132 valence electrons. The van der Waals surface area contributed by atoms with E-state index >= 15 is 0 Å². The number of carbonyl (C=O) groups excluding carboxylic acids is 2. The van der Waals surface area contributed by atoms with Crippen LogP contribution in [0.4, 0.5) is 10.1 Å². The Labute approximate surface area is 150 Å². The van der Waals surface area contributed by atoms with Gasteiger partial charge < -0.3 is 15.4 Å². The zero-order chi connectivity index (χ0) is 18.1. The van der Waals surface area contributed by atoms with Gasteiger partial charge in [-0.3, -0.25) is 9.59 Å². The Hall–Kier alpha value is -2.60. The summed E-state index contributed by atoms with van der Waals surface area (Å²) in [6.45, 7) is 0.241. The average Bonchev–Trinajstić information content (AvgIpc) is 2.61. The van der Waals surface area contributed by atoms with E-state index in [1.54, 1.807) is 0 Å². The van der Waals surface area contributed by atoms with Gasteiger partial charge in [0.2, 0.25) is 11.8 Å². The van der Waals surface area contributed by atoms with Gasteiger partial charge in [-0.1, -0.05) is 29.8 Å². The monoisotopic (exact) mass is 364 g/mol. The molecule has 0 heterocycles. The third kappa shape index (κ3) is 6.81. The zero-order valence-corrected chi connectivity index (χ0v) is 14.2. The maximum Gasteiger partial charge on any atom is 0.243 e. The van der Waals surface area contributed by atoms with Gasteiger partial charge in [-0.2, -0.15) is 0 Å². The molecule has 25 heavy (non-hydrogen) atoms. The van der Waals surface area contributed by atoms with E-state index in [1.165, 1.54) is 12.1 Å². The van der Waals surface area contributed by atoms with Crippen molar-refractivity contribution in [2.75, 3.05) is 18.5 Å². The largest absolute Gasteiger partial charge is 0.494 e. The predicted molar refractivity (Wildman–Crippen MR) is 94.2 cm³/mol. The molecule has 5 nitrogen and oxygen atoms in total. The second kappa shape index (κ2) is 9.64. The second-order valence-corrected chi connectivity index (χ2v) is 5.63. The van der Waals surface area contributed by atoms with Crippen molar-refractivity contribution in [2.24, 2.45) is 0 Å². The Morgan fingerprint density at radius 1 is 1.08 bits per heavy atom. The van der Waals surface area contributed by atoms with E-state index in [2.05, 4.69) is 10.6 Å². The molecular formula is C18H18ClFN2O3. The molecule has 0 aliphatic heterocycles. The van der Waals surface area contributed by atoms with Gasteiger partial charge in [0.1, 0.15) is 11.6 Å². The smallest absolute Gasteiger partial charge is 0.243 e. The minimum absolute atomic E-state index is 0.0831. The van der Waals surface area contributed by atoms with E-state index < -0.39 is 11.7 Å². The van der Waals surface area contributed by atoms with Crippen molar-refractivity contribution in [1.82, 2.24) is 5.32 Å². The number of rotatable bonds is 8. The number of para-hydroxylation sites is 1. The van der Waals surface area contributed by atoms with Crippen LogP contribution in [0.5, 0.6) is 5.75 Å². The minimum atomic E-state index is -0.564. The summed E-state index contributed by atoms with van der Waals surface area (Å²) in [6, 6.07) is 13.2. The molecule has 2 rings (SSSR count). The van der Waals surface area contributed by atoms with Gasteiger partial charge in [0.25, 0.3) is 0 Å². The average molecular weight is 365 g/mol. The fourth-order valence-electron chi connectivity index (χ4n) is 1.99. The van der Waals surface area contributed by atoms with Crippen LogP contribution in [0.15, 0.2) is 48.5 Å². The van der Waals surface area contributed by atoms with Crippen molar-refractivity contribution in [3.63, 3.8) is 0 Å². The lowest BCUT2D eigenvalue weighted by atomic mass is 10.3. The van der Waals surface area contributed by atoms with Gasteiger partial charge in [0.15, 0.2) is 0 Å². The molecule has 0 saturated heterocycles. The molecule has 7 heteroatoms. The topological polar surface area (TPSA) is 67.4 Å². The first-order valence-electron chi connectivity index (χ1n) is 7.74. The summed E-state index contributed by atoms with van der Waals surface area (Å²) in [4.78, 5) is 23.4. The maximum atomic E-state index is 13.0. The molecule has 0 fully saturated rings. The Kier molecular flexibility index (Phi) is 7.22. The van der Waals surface area contributed by atoms with E-state index in [1.807, 2.05) is 30.3 Å². The minimum Gasteiger partial charge on any atom is -0.494 e. The second-order valence-electron chi connectivity index (χ2n) is 5.22. The Morgan fingerprint density at radius 3 is 2.56 bits per heavy atom. The molecule has 0 atom stereocenters. The summed E-state index contributed by atoms with van der Waals surface area (Å²) in [5.74, 6) is -0.480. The summed E-state index contributed by atoms with van der Waals surface area (Å²) >= 11 is 5.63. The van der Waals surface area contributed by atoms with Gasteiger partial charge in [-0.15, -0.1) is 0 Å². The van der Waals surface area contributed by atoms with Gasteiger partial charge in [-0.05, 0) is 36.8 Å². The molecule has 0 unspecified atom stereocenters. The van der Waals surface area contributed by atoms with Crippen molar-refractivity contribution in [3.8, 4) is 5.75 Å². The standard InChI is InChI=1S/C18H18ClFN2O3/c19-15-11-13(8-9-16(15)20)22-18(24)12-21-17(23)7-4-10-25-14-5-2-1-3-6-14/h1-3,5-6,8-9,11H,4,7,10,12H2,(H,21,23)(H,22,24). The molecule has 2 aromatic rings. The number of nitrogens with one attached hydrogen (secondary N) is 2. The van der Waals surface area contributed by atoms with Crippen molar-refractivity contribution in [1.29, 1.82) is 0 Å². The van der Waals surface area contributed by atoms with E-state index in [0.717, 1.165) is 11.8 Å². The third-order valence-electron chi connectivity index (χ3n) is 3.21. The summed E-state index contributed by atoms with van der Waals surface area (Å²) in [5, 5.41) is 4.96. The highest BCUT2D eigenvalue weighted by molar-refractivity contribution is 6.31. The molecule has 0 aromatic heterocycles. The summed E-state index contributed by atoms with van der Waals surface area (Å²) in [5.41, 5.74) is 0.363. The highest BCUT2D eigenvalue weighted by Crippen LogP contribution is 2.19. The van der Waals surface area contributed by atoms with E-state index in [9.17, 15) is 14.0 Å². The number of carbonyl (C=O) groups is 2. The Bertz CT molecular complexity index is 726. The maximum absolute atomic E-state index is 13.0. The van der Waals surface area contributed by atoms with E-state index in [4.69, 9.17) is 16.3 Å². The molecule has 2 amide bonds. The first-order valence-corrected chi connectivity index (χ1v) is 8.12. The van der Waals surface area contributed by atoms with Crippen LogP contribution in [0.2, 0.25) is 5.02 Å². The molecule has 0 aliphatic carbocycles. The molecule has 0 radical (unpaired) electrons. The number of hydrogen-bond acceptors (Lipinski definition) is 3. The van der Waals surface area contributed by atoms with Gasteiger partial charge >= 0.3 is 0 Å². The molecular weight excluding hydrogens is 347 g/mol. The van der Waals surface area contributed by atoms with Crippen LogP contribution >= 0.6 is 11.6 Å². The third-order valence-corrected chi connectivity index (χ3v) is 3.50. The van der Waals surface area contributed by atoms with Crippen molar-refractivity contribution < 1.29 is 18.7 Å². The molecule has 0 saturated carbocycles. The normalized spacial score (nSPS) is 10.2. The number of ether oxygens (including phenoxy) is 1. The summed E-state index contributed by atoms with van der Waals surface area (Å²) in [6.07, 6.45) is 0.790. The van der Waals surface area contributed by atoms with Crippen LogP contribution < -0.4 is 15.4 Å². The molecule has 0 spiro atoms. The van der Waals surface area contributed by atoms with Crippen LogP contribution in [-0.4, -0.2) is 25.0 Å². The number of anilines is 1. The molecule has 0 bridgehead atoms. The fraction of sp³-hybridized carbons (Fsp3) is 0.222. The summed E-state index contributed by atoms with van der Waals surface area (Å²) < 4.78 is 18.5. The van der Waals surface area contributed by atoms with Crippen molar-refractivity contribution in [2.45, 2.75) is 12.8 Å². The quantitative estimate of drug-likeness (QED) is 0.705. The fourth-order valence-corrected chi connectivity index (χ4v) is 2.17. The highest BCUT2D eigenvalue weighted by atomic mass is 35.5. The van der Waals surface area contributed by atoms with Crippen LogP contribution in [0, 0.1) is 5.82 Å². The Balaban J connectivity index is 1.62. The van der Waals surface area contributed by atoms with Crippen molar-refractivity contribution in [3.05, 3.63) is 59.4 Å². The first kappa shape index (κ1) is 18.7. The number of halogens is 2. The number of hydrogen-bond donors (Lipinski definition) is 2. The van der Waals surface area contributed by atoms with Crippen LogP contribution in [0.25, 0.3) is 0 Å². The van der Waals surface area contributed by atoms with Crippen molar-refractivity contribution >= 4 is 29.1 Å². The van der Waals surface area contributed by atoms with Crippen LogP contribution in [-0.2, 0) is 9.59 Å². The SMILES string of the molecule is O=C(CCCOc1ccccc1)NCC(=O)Nc1ccc(F)c(Cl)c1. The molecule has 0 aliphatic rings. The molecule has 2 N–H and O–H groups in total. The molecule has 2 aromatic carbocycles. The van der Waals surface area contributed by atoms with Gasteiger partial charge in [0.05, 0.1) is 18.2 Å². The lowest BCUT2D eigenvalue weighted by Crippen LogP contribution is -2.32. The van der Waals surface area contributed by atoms with Gasteiger partial charge in [-0.25, -0.2) is 4.39 Å². The van der Waals surface area contributed by atoms with Crippen LogP contribution in [0.1, 0.15) is 12.8 Å². The lowest BCUT2D eigenvalue weighted by Gasteiger charge is -2.08.